The van der Waals surface area contributed by atoms with Crippen molar-refractivity contribution in [1.82, 2.24) is 5.32 Å². The lowest BCUT2D eigenvalue weighted by atomic mass is 9.81. The van der Waals surface area contributed by atoms with Crippen LogP contribution in [0.4, 0.5) is 13.2 Å². The molecule has 0 amide bonds. The zero-order valence-electron chi connectivity index (χ0n) is 12.6. The van der Waals surface area contributed by atoms with E-state index in [1.807, 2.05) is 6.92 Å². The number of hydrogen-bond acceptors (Lipinski definition) is 2. The third-order valence-corrected chi connectivity index (χ3v) is 4.18. The van der Waals surface area contributed by atoms with Gasteiger partial charge in [0, 0.05) is 19.6 Å². The number of methoxy groups -OCH3 is 1. The molecule has 0 bridgehead atoms. The fourth-order valence-corrected chi connectivity index (χ4v) is 3.18. The number of ether oxygens (including phenoxy) is 1. The summed E-state index contributed by atoms with van der Waals surface area (Å²) in [5, 5.41) is 3.27. The minimum absolute atomic E-state index is 0.0933. The summed E-state index contributed by atoms with van der Waals surface area (Å²) in [5.74, 6) is 0.399. The summed E-state index contributed by atoms with van der Waals surface area (Å²) >= 11 is 0. The van der Waals surface area contributed by atoms with E-state index in [1.54, 1.807) is 7.11 Å². The number of rotatable bonds is 8. The van der Waals surface area contributed by atoms with Crippen molar-refractivity contribution >= 4 is 0 Å². The smallest absolute Gasteiger partial charge is 0.380 e. The Kier molecular flexibility index (Phi) is 7.88. The predicted octanol–water partition coefficient (Wildman–Crippen LogP) is 4.29. The van der Waals surface area contributed by atoms with E-state index in [0.29, 0.717) is 5.92 Å². The van der Waals surface area contributed by atoms with Crippen LogP contribution < -0.4 is 5.32 Å². The highest BCUT2D eigenvalue weighted by Crippen LogP contribution is 2.31. The van der Waals surface area contributed by atoms with Gasteiger partial charge in [0.05, 0.1) is 6.10 Å². The van der Waals surface area contributed by atoms with E-state index in [-0.39, 0.29) is 18.6 Å². The molecule has 2 unspecified atom stereocenters. The summed E-state index contributed by atoms with van der Waals surface area (Å²) in [5.41, 5.74) is 0. The lowest BCUT2D eigenvalue weighted by Crippen LogP contribution is -2.46. The van der Waals surface area contributed by atoms with E-state index in [4.69, 9.17) is 4.74 Å². The topological polar surface area (TPSA) is 21.3 Å². The Balaban J connectivity index is 2.61. The maximum atomic E-state index is 12.5. The molecule has 1 N–H and O–H groups in total. The van der Waals surface area contributed by atoms with Gasteiger partial charge in [0.2, 0.25) is 0 Å². The number of alkyl halides is 3. The van der Waals surface area contributed by atoms with Gasteiger partial charge in [0.25, 0.3) is 0 Å². The molecular formula is C15H28F3NO. The SMILES string of the molecule is CCCNC(CCC(F)(F)F)C(OC)C1CCCCC1. The lowest BCUT2D eigenvalue weighted by Gasteiger charge is -2.35. The van der Waals surface area contributed by atoms with Crippen LogP contribution in [0.15, 0.2) is 0 Å². The van der Waals surface area contributed by atoms with Crippen molar-refractivity contribution in [3.8, 4) is 0 Å². The Hall–Kier alpha value is -0.290. The van der Waals surface area contributed by atoms with Crippen LogP contribution in [-0.4, -0.2) is 32.0 Å². The molecule has 0 radical (unpaired) electrons. The standard InChI is InChI=1S/C15H28F3NO/c1-3-11-19-13(9-10-15(16,17)18)14(20-2)12-7-5-4-6-8-12/h12-14,19H,3-11H2,1-2H3. The molecule has 1 aliphatic carbocycles. The first-order valence-corrected chi connectivity index (χ1v) is 7.81. The van der Waals surface area contributed by atoms with E-state index in [1.165, 1.54) is 19.3 Å². The Morgan fingerprint density at radius 3 is 2.35 bits per heavy atom. The highest BCUT2D eigenvalue weighted by Gasteiger charge is 2.34. The molecule has 0 aromatic rings. The summed E-state index contributed by atoms with van der Waals surface area (Å²) in [6.45, 7) is 2.77. The average molecular weight is 295 g/mol. The van der Waals surface area contributed by atoms with Gasteiger partial charge in [-0.2, -0.15) is 13.2 Å². The van der Waals surface area contributed by atoms with E-state index >= 15 is 0 Å². The molecule has 1 saturated carbocycles. The lowest BCUT2D eigenvalue weighted by molar-refractivity contribution is -0.139. The molecule has 0 aliphatic heterocycles. The molecule has 1 fully saturated rings. The van der Waals surface area contributed by atoms with Gasteiger partial charge in [0.1, 0.15) is 0 Å². The van der Waals surface area contributed by atoms with Gasteiger partial charge in [-0.05, 0) is 38.1 Å². The van der Waals surface area contributed by atoms with E-state index in [9.17, 15) is 13.2 Å². The van der Waals surface area contributed by atoms with Crippen LogP contribution in [0, 0.1) is 5.92 Å². The molecule has 0 aromatic carbocycles. The van der Waals surface area contributed by atoms with Crippen molar-refractivity contribution in [3.63, 3.8) is 0 Å². The van der Waals surface area contributed by atoms with Gasteiger partial charge in [-0.15, -0.1) is 0 Å². The quantitative estimate of drug-likeness (QED) is 0.721. The molecule has 1 aliphatic rings. The molecule has 20 heavy (non-hydrogen) atoms. The van der Waals surface area contributed by atoms with Crippen LogP contribution in [0.5, 0.6) is 0 Å². The van der Waals surface area contributed by atoms with Crippen LogP contribution in [0.1, 0.15) is 58.3 Å². The molecule has 120 valence electrons. The van der Waals surface area contributed by atoms with Crippen LogP contribution in [-0.2, 0) is 4.74 Å². The first-order chi connectivity index (χ1) is 9.48. The van der Waals surface area contributed by atoms with Crippen molar-refractivity contribution in [2.24, 2.45) is 5.92 Å². The normalized spacial score (nSPS) is 20.9. The van der Waals surface area contributed by atoms with Crippen molar-refractivity contribution < 1.29 is 17.9 Å². The predicted molar refractivity (Wildman–Crippen MR) is 74.7 cm³/mol. The fraction of sp³-hybridized carbons (Fsp3) is 1.00. The second-order valence-electron chi connectivity index (χ2n) is 5.81. The third-order valence-electron chi connectivity index (χ3n) is 4.18. The van der Waals surface area contributed by atoms with Crippen molar-refractivity contribution in [1.29, 1.82) is 0 Å². The van der Waals surface area contributed by atoms with Crippen molar-refractivity contribution in [2.75, 3.05) is 13.7 Å². The van der Waals surface area contributed by atoms with Gasteiger partial charge in [-0.3, -0.25) is 0 Å². The molecular weight excluding hydrogens is 267 g/mol. The van der Waals surface area contributed by atoms with Crippen LogP contribution >= 0.6 is 0 Å². The Bertz CT molecular complexity index is 252. The maximum Gasteiger partial charge on any atom is 0.389 e. The first kappa shape index (κ1) is 17.8. The van der Waals surface area contributed by atoms with Gasteiger partial charge in [-0.1, -0.05) is 26.2 Å². The van der Waals surface area contributed by atoms with Crippen molar-refractivity contribution in [2.45, 2.75) is 76.6 Å². The molecule has 2 atom stereocenters. The highest BCUT2D eigenvalue weighted by molar-refractivity contribution is 4.85. The average Bonchev–Trinajstić information content (AvgIpc) is 2.42. The van der Waals surface area contributed by atoms with E-state index < -0.39 is 12.6 Å². The molecule has 0 spiro atoms. The monoisotopic (exact) mass is 295 g/mol. The van der Waals surface area contributed by atoms with Crippen molar-refractivity contribution in [3.05, 3.63) is 0 Å². The van der Waals surface area contributed by atoms with Crippen LogP contribution in [0.25, 0.3) is 0 Å². The largest absolute Gasteiger partial charge is 0.389 e. The number of hydrogen-bond donors (Lipinski definition) is 1. The Morgan fingerprint density at radius 1 is 1.20 bits per heavy atom. The maximum absolute atomic E-state index is 12.5. The van der Waals surface area contributed by atoms with E-state index in [2.05, 4.69) is 5.32 Å². The minimum atomic E-state index is -4.09. The van der Waals surface area contributed by atoms with Crippen LogP contribution in [0.2, 0.25) is 0 Å². The first-order valence-electron chi connectivity index (χ1n) is 7.81. The molecule has 0 heterocycles. The summed E-state index contributed by atoms with van der Waals surface area (Å²) < 4.78 is 43.0. The fourth-order valence-electron chi connectivity index (χ4n) is 3.18. The van der Waals surface area contributed by atoms with Gasteiger partial charge >= 0.3 is 6.18 Å². The molecule has 0 aromatic heterocycles. The minimum Gasteiger partial charge on any atom is -0.380 e. The second-order valence-corrected chi connectivity index (χ2v) is 5.81. The van der Waals surface area contributed by atoms with Gasteiger partial charge in [0.15, 0.2) is 0 Å². The van der Waals surface area contributed by atoms with Gasteiger partial charge < -0.3 is 10.1 Å². The Morgan fingerprint density at radius 2 is 1.85 bits per heavy atom. The summed E-state index contributed by atoms with van der Waals surface area (Å²) in [6, 6.07) is -0.190. The molecule has 1 rings (SSSR count). The summed E-state index contributed by atoms with van der Waals surface area (Å²) in [6.07, 6.45) is 1.85. The molecule has 2 nitrogen and oxygen atoms in total. The zero-order chi connectivity index (χ0) is 15.0. The second kappa shape index (κ2) is 8.88. The number of halogens is 3. The summed E-state index contributed by atoms with van der Waals surface area (Å²) in [4.78, 5) is 0. The zero-order valence-corrected chi connectivity index (χ0v) is 12.6. The van der Waals surface area contributed by atoms with Gasteiger partial charge in [-0.25, -0.2) is 0 Å². The van der Waals surface area contributed by atoms with Crippen LogP contribution in [0.3, 0.4) is 0 Å². The highest BCUT2D eigenvalue weighted by atomic mass is 19.4. The summed E-state index contributed by atoms with van der Waals surface area (Å²) in [7, 11) is 1.63. The molecule has 5 heteroatoms. The molecule has 0 saturated heterocycles. The number of nitrogens with one attached hydrogen (secondary N) is 1. The Labute approximate surface area is 120 Å². The third kappa shape index (κ3) is 6.44. The van der Waals surface area contributed by atoms with E-state index in [0.717, 1.165) is 25.8 Å².